The molecule has 0 radical (unpaired) electrons. The monoisotopic (exact) mass is 825 g/mol. The number of nitrogens with zero attached hydrogens (tertiary/aromatic N) is 5. The standard InChI is InChI=1S/C44H43F4N7O5/c1-22-12-29-28-4-2-3-5-34(28)49-39(29)40(54(22)21-36(47)48)38-32(45)15-27(16-33(38)46)53-19-25(20-53)42(58)51-10-8-26(9-11-51)52-17-23-13-30-31(14-24(23)18-52)44(60)55(43(30)59)35-6-7-37(56)50-41(35)57/h2-5,13-16,22,25-26,35-36,40,49H,6-12,17-21H2,1H3,(H,50,56,57)/t22-,35?,40-/m1/s1. The van der Waals surface area contributed by atoms with Crippen LogP contribution < -0.4 is 10.2 Å². The van der Waals surface area contributed by atoms with E-state index in [0.717, 1.165) is 45.3 Å². The van der Waals surface area contributed by atoms with Gasteiger partial charge in [-0.25, -0.2) is 17.6 Å². The van der Waals surface area contributed by atoms with Gasteiger partial charge in [0.1, 0.15) is 17.7 Å². The van der Waals surface area contributed by atoms with Gasteiger partial charge in [-0.3, -0.25) is 44.0 Å². The highest BCUT2D eigenvalue weighted by Crippen LogP contribution is 2.44. The summed E-state index contributed by atoms with van der Waals surface area (Å²) in [4.78, 5) is 76.0. The van der Waals surface area contributed by atoms with Crippen molar-refractivity contribution >= 4 is 46.1 Å². The van der Waals surface area contributed by atoms with Crippen LogP contribution in [0.3, 0.4) is 0 Å². The molecular formula is C44H43F4N7O5. The van der Waals surface area contributed by atoms with Crippen LogP contribution in [0.15, 0.2) is 48.5 Å². The van der Waals surface area contributed by atoms with Crippen molar-refractivity contribution in [2.75, 3.05) is 37.6 Å². The number of hydrogen-bond acceptors (Lipinski definition) is 8. The van der Waals surface area contributed by atoms with Gasteiger partial charge in [-0.2, -0.15) is 0 Å². The molecule has 12 nitrogen and oxygen atoms in total. The normalized spacial score (nSPS) is 24.0. The highest BCUT2D eigenvalue weighted by molar-refractivity contribution is 6.23. The Bertz CT molecular complexity index is 2430. The summed E-state index contributed by atoms with van der Waals surface area (Å²) in [6.07, 6.45) is -0.624. The molecule has 60 heavy (non-hydrogen) atoms. The summed E-state index contributed by atoms with van der Waals surface area (Å²) in [6, 6.07) is 11.2. The van der Waals surface area contributed by atoms with Crippen LogP contribution in [-0.4, -0.2) is 111 Å². The number of carbonyl (C=O) groups is 5. The van der Waals surface area contributed by atoms with Crippen molar-refractivity contribution in [1.82, 2.24) is 29.9 Å². The van der Waals surface area contributed by atoms with Gasteiger partial charge in [0.05, 0.1) is 29.6 Å². The van der Waals surface area contributed by atoms with Gasteiger partial charge >= 0.3 is 0 Å². The number of H-pyrrole nitrogens is 1. The Morgan fingerprint density at radius 1 is 0.883 bits per heavy atom. The number of benzene rings is 3. The lowest BCUT2D eigenvalue weighted by Crippen LogP contribution is -2.56. The van der Waals surface area contributed by atoms with Crippen molar-refractivity contribution in [3.05, 3.63) is 99.2 Å². The molecule has 10 rings (SSSR count). The van der Waals surface area contributed by atoms with E-state index in [2.05, 4.69) is 15.2 Å². The van der Waals surface area contributed by atoms with Gasteiger partial charge in [0.25, 0.3) is 18.2 Å². The second-order valence-corrected chi connectivity index (χ2v) is 17.1. The zero-order valence-corrected chi connectivity index (χ0v) is 32.9. The molecule has 7 heterocycles. The van der Waals surface area contributed by atoms with Gasteiger partial charge < -0.3 is 14.8 Å². The van der Waals surface area contributed by atoms with Crippen molar-refractivity contribution in [2.45, 2.75) is 82.7 Å². The van der Waals surface area contributed by atoms with Crippen LogP contribution in [0, 0.1) is 17.6 Å². The Morgan fingerprint density at radius 3 is 2.17 bits per heavy atom. The SMILES string of the molecule is C[C@@H]1Cc2c([nH]c3ccccc23)[C@@H](c2c(F)cc(N3CC(C(=O)N4CCC(N5Cc6cc7c(cc6C5)C(=O)N(C5CCC(=O)NC5=O)C7=O)CC4)C3)cc2F)N1CC(F)F. The number of fused-ring (bicyclic) bond motifs is 5. The van der Waals surface area contributed by atoms with Gasteiger partial charge in [0, 0.05) is 85.6 Å². The highest BCUT2D eigenvalue weighted by atomic mass is 19.3. The number of likely N-dealkylation sites (tertiary alicyclic amines) is 1. The Hall–Kier alpha value is -5.61. The lowest BCUT2D eigenvalue weighted by molar-refractivity contribution is -0.138. The maximum Gasteiger partial charge on any atom is 0.262 e. The number of nitrogens with one attached hydrogen (secondary N) is 2. The minimum absolute atomic E-state index is 0.00818. The Morgan fingerprint density at radius 2 is 1.53 bits per heavy atom. The molecule has 3 saturated heterocycles. The smallest absolute Gasteiger partial charge is 0.262 e. The minimum atomic E-state index is -2.70. The van der Waals surface area contributed by atoms with E-state index >= 15 is 8.78 Å². The predicted molar refractivity (Wildman–Crippen MR) is 210 cm³/mol. The zero-order valence-electron chi connectivity index (χ0n) is 32.9. The summed E-state index contributed by atoms with van der Waals surface area (Å²) >= 11 is 0. The molecule has 3 fully saturated rings. The average molecular weight is 826 g/mol. The number of para-hydroxylation sites is 1. The first-order valence-corrected chi connectivity index (χ1v) is 20.6. The maximum atomic E-state index is 16.2. The second-order valence-electron chi connectivity index (χ2n) is 17.1. The summed E-state index contributed by atoms with van der Waals surface area (Å²) in [6.45, 7) is 4.01. The molecule has 16 heteroatoms. The van der Waals surface area contributed by atoms with Crippen LogP contribution in [0.25, 0.3) is 10.9 Å². The largest absolute Gasteiger partial charge is 0.370 e. The first-order chi connectivity index (χ1) is 28.8. The predicted octanol–water partition coefficient (Wildman–Crippen LogP) is 4.89. The van der Waals surface area contributed by atoms with Gasteiger partial charge in [0.2, 0.25) is 17.7 Å². The second kappa shape index (κ2) is 14.5. The number of anilines is 1. The van der Waals surface area contributed by atoms with E-state index in [-0.39, 0.29) is 47.4 Å². The minimum Gasteiger partial charge on any atom is -0.370 e. The van der Waals surface area contributed by atoms with Crippen LogP contribution in [0.4, 0.5) is 23.2 Å². The summed E-state index contributed by atoms with van der Waals surface area (Å²) in [7, 11) is 0. The summed E-state index contributed by atoms with van der Waals surface area (Å²) in [5.41, 5.74) is 4.59. The van der Waals surface area contributed by atoms with Crippen molar-refractivity contribution in [2.24, 2.45) is 5.92 Å². The Labute approximate surface area is 342 Å². The van der Waals surface area contributed by atoms with Crippen molar-refractivity contribution in [3.63, 3.8) is 0 Å². The number of halogens is 4. The van der Waals surface area contributed by atoms with E-state index in [1.54, 1.807) is 24.0 Å². The zero-order chi connectivity index (χ0) is 41.7. The molecule has 1 unspecified atom stereocenters. The number of amides is 5. The summed E-state index contributed by atoms with van der Waals surface area (Å²) in [5, 5.41) is 3.12. The third-order valence-corrected chi connectivity index (χ3v) is 13.6. The van der Waals surface area contributed by atoms with Gasteiger partial charge in [-0.1, -0.05) is 18.2 Å². The molecule has 0 aliphatic carbocycles. The molecule has 1 aromatic heterocycles. The fourth-order valence-electron chi connectivity index (χ4n) is 10.5. The van der Waals surface area contributed by atoms with E-state index in [4.69, 9.17) is 0 Å². The van der Waals surface area contributed by atoms with Crippen LogP contribution in [0.5, 0.6) is 0 Å². The highest BCUT2D eigenvalue weighted by Gasteiger charge is 2.46. The van der Waals surface area contributed by atoms with Gasteiger partial charge in [-0.15, -0.1) is 0 Å². The van der Waals surface area contributed by atoms with Crippen molar-refractivity contribution < 1.29 is 41.5 Å². The molecule has 0 bridgehead atoms. The van der Waals surface area contributed by atoms with Crippen LogP contribution in [-0.2, 0) is 33.9 Å². The van der Waals surface area contributed by atoms with Crippen LogP contribution >= 0.6 is 0 Å². The van der Waals surface area contributed by atoms with E-state index in [1.165, 1.54) is 17.0 Å². The van der Waals surface area contributed by atoms with E-state index < -0.39 is 66.4 Å². The lowest BCUT2D eigenvalue weighted by atomic mass is 9.87. The lowest BCUT2D eigenvalue weighted by Gasteiger charge is -2.44. The first-order valence-electron chi connectivity index (χ1n) is 20.6. The fraction of sp³-hybridized carbons (Fsp3) is 0.432. The Kier molecular flexibility index (Phi) is 9.35. The van der Waals surface area contributed by atoms with E-state index in [9.17, 15) is 32.8 Å². The van der Waals surface area contributed by atoms with Crippen molar-refractivity contribution in [1.29, 1.82) is 0 Å². The average Bonchev–Trinajstić information content (AvgIpc) is 3.85. The molecule has 312 valence electrons. The van der Waals surface area contributed by atoms with Crippen molar-refractivity contribution in [3.8, 4) is 0 Å². The molecule has 0 spiro atoms. The topological polar surface area (TPSA) is 129 Å². The summed E-state index contributed by atoms with van der Waals surface area (Å²) < 4.78 is 60.1. The third kappa shape index (κ3) is 6.28. The number of alkyl halides is 2. The molecule has 0 saturated carbocycles. The molecule has 6 aliphatic rings. The van der Waals surface area contributed by atoms with Gasteiger partial charge in [0.15, 0.2) is 0 Å². The van der Waals surface area contributed by atoms with Gasteiger partial charge in [-0.05, 0) is 79.6 Å². The number of rotatable bonds is 7. The molecule has 3 aromatic carbocycles. The maximum absolute atomic E-state index is 16.2. The first kappa shape index (κ1) is 38.6. The summed E-state index contributed by atoms with van der Waals surface area (Å²) in [5.74, 6) is -4.13. The molecule has 6 aliphatic heterocycles. The molecular weight excluding hydrogens is 783 g/mol. The number of piperidine rings is 2. The van der Waals surface area contributed by atoms with E-state index in [1.807, 2.05) is 29.2 Å². The van der Waals surface area contributed by atoms with Crippen LogP contribution in [0.2, 0.25) is 0 Å². The number of aromatic amines is 1. The molecule has 4 aromatic rings. The molecule has 3 atom stereocenters. The molecule has 5 amide bonds. The number of hydrogen-bond donors (Lipinski definition) is 2. The third-order valence-electron chi connectivity index (χ3n) is 13.6. The Balaban J connectivity index is 0.766. The number of imide groups is 2. The van der Waals surface area contributed by atoms with E-state index in [0.29, 0.717) is 57.1 Å². The quantitative estimate of drug-likeness (QED) is 0.199. The number of carbonyl (C=O) groups excluding carboxylic acids is 5. The number of aromatic nitrogens is 1. The fourth-order valence-corrected chi connectivity index (χ4v) is 10.5. The van der Waals surface area contributed by atoms with Crippen LogP contribution in [0.1, 0.15) is 87.3 Å². The molecule has 2 N–H and O–H groups in total.